The molecular formula is C17H21ClN2O3S. The van der Waals surface area contributed by atoms with Crippen LogP contribution in [0.4, 0.5) is 11.4 Å². The molecule has 1 unspecified atom stereocenters. The first-order valence-corrected chi connectivity index (χ1v) is 9.71. The Morgan fingerprint density at radius 1 is 1.21 bits per heavy atom. The molecule has 0 fully saturated rings. The summed E-state index contributed by atoms with van der Waals surface area (Å²) in [7, 11) is -1.33. The Labute approximate surface area is 148 Å². The monoisotopic (exact) mass is 368 g/mol. The largest absolute Gasteiger partial charge is 0.467 e. The van der Waals surface area contributed by atoms with E-state index in [4.69, 9.17) is 16.3 Å². The summed E-state index contributed by atoms with van der Waals surface area (Å²) in [6.07, 6.45) is 1.32. The van der Waals surface area contributed by atoms with Crippen LogP contribution >= 0.6 is 22.4 Å². The highest BCUT2D eigenvalue weighted by molar-refractivity contribution is 8.26. The normalized spacial score (nSPS) is 20.2. The number of nitrogens with one attached hydrogen (secondary N) is 1. The summed E-state index contributed by atoms with van der Waals surface area (Å²) in [5.74, 6) is 0.601. The molecule has 0 amide bonds. The Kier molecular flexibility index (Phi) is 5.22. The van der Waals surface area contributed by atoms with Crippen LogP contribution in [0.1, 0.15) is 12.8 Å². The molecule has 0 aliphatic carbocycles. The maximum Gasteiger partial charge on any atom is 0.206 e. The van der Waals surface area contributed by atoms with E-state index in [2.05, 4.69) is 5.32 Å². The Bertz CT molecular complexity index is 699. The number of nitrogens with zero attached hydrogens (tertiary/aromatic N) is 1. The Balaban J connectivity index is 2.04. The second-order valence-corrected chi connectivity index (χ2v) is 8.05. The van der Waals surface area contributed by atoms with Gasteiger partial charge in [-0.2, -0.15) is 0 Å². The number of ether oxygens (including phenoxy) is 1. The molecule has 5 nitrogen and oxygen atoms in total. The summed E-state index contributed by atoms with van der Waals surface area (Å²) in [5, 5.41) is 3.58. The molecule has 2 aromatic carbocycles. The van der Waals surface area contributed by atoms with E-state index >= 15 is 0 Å². The summed E-state index contributed by atoms with van der Waals surface area (Å²) in [4.78, 5) is 0. The molecule has 24 heavy (non-hydrogen) atoms. The van der Waals surface area contributed by atoms with Crippen LogP contribution in [0, 0.1) is 0 Å². The minimum absolute atomic E-state index is 0.516. The Morgan fingerprint density at radius 2 is 1.96 bits per heavy atom. The highest BCUT2D eigenvalue weighted by Gasteiger charge is 2.41. The second-order valence-electron chi connectivity index (χ2n) is 5.60. The van der Waals surface area contributed by atoms with E-state index in [1.807, 2.05) is 37.4 Å². The first kappa shape index (κ1) is 17.4. The predicted molar refractivity (Wildman–Crippen MR) is 100 cm³/mol. The van der Waals surface area contributed by atoms with Gasteiger partial charge in [0.2, 0.25) is 5.44 Å². The Morgan fingerprint density at radius 3 is 2.67 bits per heavy atom. The quantitative estimate of drug-likeness (QED) is 0.657. The van der Waals surface area contributed by atoms with Crippen molar-refractivity contribution >= 4 is 33.8 Å². The van der Waals surface area contributed by atoms with Gasteiger partial charge in [0.1, 0.15) is 11.4 Å². The van der Waals surface area contributed by atoms with Gasteiger partial charge < -0.3 is 10.1 Å². The third-order valence-electron chi connectivity index (χ3n) is 3.88. The summed E-state index contributed by atoms with van der Waals surface area (Å²) in [6, 6.07) is 14.5. The van der Waals surface area contributed by atoms with Crippen molar-refractivity contribution in [2.24, 2.45) is 0 Å². The molecule has 0 bridgehead atoms. The molecule has 0 aromatic heterocycles. The first-order chi connectivity index (χ1) is 11.5. The van der Waals surface area contributed by atoms with Gasteiger partial charge in [-0.15, -0.1) is 0 Å². The van der Waals surface area contributed by atoms with Crippen molar-refractivity contribution in [3.8, 4) is 5.75 Å². The Hall–Kier alpha value is -1.44. The van der Waals surface area contributed by atoms with Crippen molar-refractivity contribution < 1.29 is 13.8 Å². The van der Waals surface area contributed by atoms with Crippen molar-refractivity contribution in [1.82, 2.24) is 5.32 Å². The maximum atomic E-state index is 11.0. The van der Waals surface area contributed by atoms with E-state index in [9.17, 15) is 9.11 Å². The van der Waals surface area contributed by atoms with Crippen molar-refractivity contribution in [1.29, 1.82) is 0 Å². The topological polar surface area (TPSA) is 65.0 Å². The van der Waals surface area contributed by atoms with Crippen LogP contribution in [0.15, 0.2) is 48.5 Å². The first-order valence-electron chi connectivity index (χ1n) is 7.77. The van der Waals surface area contributed by atoms with Gasteiger partial charge in [-0.05, 0) is 50.3 Å². The minimum Gasteiger partial charge on any atom is -0.467 e. The molecule has 3 rings (SSSR count). The highest BCUT2D eigenvalue weighted by Crippen LogP contribution is 2.61. The molecule has 7 heteroatoms. The number of hydrogen-bond donors (Lipinski definition) is 3. The second kappa shape index (κ2) is 7.21. The van der Waals surface area contributed by atoms with Crippen LogP contribution in [0.2, 0.25) is 5.02 Å². The summed E-state index contributed by atoms with van der Waals surface area (Å²) in [6.45, 7) is 0.786. The lowest BCUT2D eigenvalue weighted by atomic mass is 10.2. The van der Waals surface area contributed by atoms with E-state index in [0.717, 1.165) is 13.0 Å². The lowest BCUT2D eigenvalue weighted by Gasteiger charge is -2.51. The standard InChI is InChI=1S/C17H21ClN2O3S/c1-19-11-5-8-17-23-16-10-9-13(18)12-15(16)20(24(17,21)22)14-6-3-2-4-7-14/h2-4,6-7,9-10,12,17,19,21-22H,5,8,11H2,1H3. The highest BCUT2D eigenvalue weighted by atomic mass is 35.5. The third-order valence-corrected chi connectivity index (χ3v) is 6.09. The van der Waals surface area contributed by atoms with Gasteiger partial charge in [0, 0.05) is 11.4 Å². The maximum absolute atomic E-state index is 11.0. The third kappa shape index (κ3) is 3.34. The van der Waals surface area contributed by atoms with Gasteiger partial charge in [-0.1, -0.05) is 40.6 Å². The molecule has 0 saturated heterocycles. The molecule has 130 valence electrons. The number of rotatable bonds is 5. The zero-order valence-electron chi connectivity index (χ0n) is 13.4. The van der Waals surface area contributed by atoms with Gasteiger partial charge in [0.15, 0.2) is 0 Å². The van der Waals surface area contributed by atoms with Crippen molar-refractivity contribution in [2.75, 3.05) is 17.9 Å². The number of halogens is 1. The zero-order valence-corrected chi connectivity index (χ0v) is 14.9. The fourth-order valence-corrected chi connectivity index (χ4v) is 4.72. The molecule has 1 aliphatic heterocycles. The van der Waals surface area contributed by atoms with E-state index in [1.54, 1.807) is 22.5 Å². The lowest BCUT2D eigenvalue weighted by molar-refractivity contribution is 0.235. The summed E-state index contributed by atoms with van der Waals surface area (Å²) < 4.78 is 29.4. The molecule has 1 aliphatic rings. The number of para-hydroxylation sites is 1. The van der Waals surface area contributed by atoms with Crippen LogP contribution in [-0.4, -0.2) is 28.1 Å². The van der Waals surface area contributed by atoms with Gasteiger partial charge in [-0.25, -0.2) is 4.31 Å². The fourth-order valence-electron chi connectivity index (χ4n) is 2.74. The predicted octanol–water partition coefficient (Wildman–Crippen LogP) is 4.86. The molecule has 0 radical (unpaired) electrons. The van der Waals surface area contributed by atoms with Gasteiger partial charge in [0.25, 0.3) is 0 Å². The average molecular weight is 369 g/mol. The molecule has 1 atom stereocenters. The summed E-state index contributed by atoms with van der Waals surface area (Å²) in [5.41, 5.74) is 0.571. The number of anilines is 2. The van der Waals surface area contributed by atoms with E-state index < -0.39 is 16.2 Å². The van der Waals surface area contributed by atoms with Crippen LogP contribution in [-0.2, 0) is 0 Å². The van der Waals surface area contributed by atoms with Crippen LogP contribution in [0.5, 0.6) is 5.75 Å². The number of hydrogen-bond acceptors (Lipinski definition) is 5. The number of benzene rings is 2. The molecule has 3 N–H and O–H groups in total. The van der Waals surface area contributed by atoms with Crippen LogP contribution in [0.3, 0.4) is 0 Å². The number of fused-ring (bicyclic) bond motifs is 1. The molecule has 0 spiro atoms. The summed E-state index contributed by atoms with van der Waals surface area (Å²) >= 11 is 6.12. The zero-order chi connectivity index (χ0) is 17.2. The van der Waals surface area contributed by atoms with Gasteiger partial charge >= 0.3 is 0 Å². The van der Waals surface area contributed by atoms with Crippen LogP contribution in [0.25, 0.3) is 0 Å². The lowest BCUT2D eigenvalue weighted by Crippen LogP contribution is -2.39. The van der Waals surface area contributed by atoms with Crippen molar-refractivity contribution in [2.45, 2.75) is 18.3 Å². The van der Waals surface area contributed by atoms with Crippen LogP contribution < -0.4 is 14.4 Å². The smallest absolute Gasteiger partial charge is 0.206 e. The van der Waals surface area contributed by atoms with Crippen molar-refractivity contribution in [3.63, 3.8) is 0 Å². The van der Waals surface area contributed by atoms with E-state index in [0.29, 0.717) is 28.6 Å². The van der Waals surface area contributed by atoms with E-state index in [-0.39, 0.29) is 0 Å². The SMILES string of the molecule is CNCCCC1Oc2ccc(Cl)cc2N(c2ccccc2)S1(O)O. The molecule has 1 heterocycles. The van der Waals surface area contributed by atoms with Gasteiger partial charge in [0.05, 0.1) is 5.69 Å². The minimum atomic E-state index is -3.20. The average Bonchev–Trinajstić information content (AvgIpc) is 2.56. The van der Waals surface area contributed by atoms with Gasteiger partial charge in [-0.3, -0.25) is 9.11 Å². The fraction of sp³-hybridized carbons (Fsp3) is 0.294. The van der Waals surface area contributed by atoms with Crippen molar-refractivity contribution in [3.05, 3.63) is 53.6 Å². The molecular weight excluding hydrogens is 348 g/mol. The van der Waals surface area contributed by atoms with E-state index in [1.165, 1.54) is 0 Å². The molecule has 0 saturated carbocycles. The molecule has 2 aromatic rings.